The Hall–Kier alpha value is -6.69. The lowest BCUT2D eigenvalue weighted by molar-refractivity contribution is -0.346. The van der Waals surface area contributed by atoms with Crippen LogP contribution in [0.15, 0.2) is 114 Å². The molecule has 496 valence electrons. The Balaban J connectivity index is 0.939. The van der Waals surface area contributed by atoms with Crippen molar-refractivity contribution < 1.29 is 76.9 Å². The SMILES string of the molecule is CC(=O)OC1C(=O)C2(C)C(O)CC3OCC3(OC(C)=O)C2C(OC(=O)c2ccccc2)C2(O)CC(OC(=O)C(OC(=O)OC3CCC4(C)C(=CCC5C4CCC4(C)C(C(C)CCCC(C)C)CCC54)C3)C(NC(=O)c3ccccc3)c3ccccc3)C(C)=C1C2(C)C. The molecule has 19 atom stereocenters. The van der Waals surface area contributed by atoms with Gasteiger partial charge in [-0.2, -0.15) is 0 Å². The number of hydrogen-bond donors (Lipinski definition) is 3. The molecule has 92 heavy (non-hydrogen) atoms. The van der Waals surface area contributed by atoms with Crippen molar-refractivity contribution in [2.45, 2.75) is 220 Å². The molecule has 1 heterocycles. The van der Waals surface area contributed by atoms with E-state index in [1.54, 1.807) is 99.6 Å². The Morgan fingerprint density at radius 3 is 2.05 bits per heavy atom. The number of aliphatic hydroxyl groups excluding tert-OH is 1. The molecule has 7 aliphatic carbocycles. The maximum atomic E-state index is 16.0. The summed E-state index contributed by atoms with van der Waals surface area (Å²) in [5, 5.41) is 29.6. The fraction of sp³-hybridized carbons (Fsp3) is 0.613. The van der Waals surface area contributed by atoms with Crippen LogP contribution < -0.4 is 5.32 Å². The summed E-state index contributed by atoms with van der Waals surface area (Å²) in [7, 11) is 0. The van der Waals surface area contributed by atoms with E-state index in [0.29, 0.717) is 53.4 Å². The molecule has 3 N–H and O–H groups in total. The molecule has 1 aliphatic heterocycles. The van der Waals surface area contributed by atoms with E-state index in [2.05, 4.69) is 46.0 Å². The summed E-state index contributed by atoms with van der Waals surface area (Å²) < 4.78 is 44.1. The quantitative estimate of drug-likeness (QED) is 0.0647. The third kappa shape index (κ3) is 11.6. The number of allylic oxidation sites excluding steroid dienone is 1. The van der Waals surface area contributed by atoms with Gasteiger partial charge in [0.15, 0.2) is 17.5 Å². The number of Topliss-reactive ketones (excluding diaryl/α,β-unsaturated/α-hetero) is 1. The topological polar surface area (TPSA) is 237 Å². The monoisotopic (exact) mass is 1270 g/mol. The first-order valence-electron chi connectivity index (χ1n) is 33.7. The number of amides is 1. The van der Waals surface area contributed by atoms with Crippen LogP contribution in [0.5, 0.6) is 0 Å². The van der Waals surface area contributed by atoms with E-state index in [0.717, 1.165) is 32.1 Å². The van der Waals surface area contributed by atoms with Crippen molar-refractivity contribution >= 4 is 41.7 Å². The summed E-state index contributed by atoms with van der Waals surface area (Å²) in [6.45, 7) is 20.2. The minimum Gasteiger partial charge on any atom is -0.455 e. The second-order valence-electron chi connectivity index (χ2n) is 30.0. The number of ether oxygens (including phenoxy) is 7. The van der Waals surface area contributed by atoms with Gasteiger partial charge in [-0.25, -0.2) is 14.4 Å². The summed E-state index contributed by atoms with van der Waals surface area (Å²) >= 11 is 0. The lowest BCUT2D eigenvalue weighted by atomic mass is 9.44. The molecule has 11 rings (SSSR count). The van der Waals surface area contributed by atoms with E-state index < -0.39 is 125 Å². The smallest absolute Gasteiger partial charge is 0.455 e. The van der Waals surface area contributed by atoms with Crippen LogP contribution >= 0.6 is 0 Å². The highest BCUT2D eigenvalue weighted by Gasteiger charge is 2.78. The zero-order chi connectivity index (χ0) is 66.0. The summed E-state index contributed by atoms with van der Waals surface area (Å²) in [5.74, 6) is -3.06. The van der Waals surface area contributed by atoms with E-state index in [-0.39, 0.29) is 40.7 Å². The van der Waals surface area contributed by atoms with Crippen LogP contribution in [0.2, 0.25) is 0 Å². The molecular formula is C75H95NO16. The summed E-state index contributed by atoms with van der Waals surface area (Å²) in [6, 6.07) is 23.3. The van der Waals surface area contributed by atoms with Gasteiger partial charge in [-0.15, -0.1) is 0 Å². The van der Waals surface area contributed by atoms with Crippen molar-refractivity contribution in [3.05, 3.63) is 130 Å². The van der Waals surface area contributed by atoms with Gasteiger partial charge in [-0.3, -0.25) is 19.2 Å². The van der Waals surface area contributed by atoms with Crippen LogP contribution in [0, 0.1) is 63.1 Å². The number of carbonyl (C=O) groups excluding carboxylic acids is 7. The number of hydrogen-bond acceptors (Lipinski definition) is 16. The fourth-order valence-electron chi connectivity index (χ4n) is 19.3. The summed E-state index contributed by atoms with van der Waals surface area (Å²) in [6.07, 6.45) is 1.35. The van der Waals surface area contributed by atoms with E-state index in [9.17, 15) is 34.2 Å². The standard InChI is InChI=1S/C75H95NO16/c1-42(2)22-21-23-43(3)53-32-33-54-52-31-30-50-38-51(34-36-71(50,9)55(52)35-37-72(53,54)10)88-69(84)90-62(60(47-24-15-12-16-25-47)76-66(81)48-26-17-13-18-27-48)68(83)89-56-40-75(85)65(91-67(82)49-28-19-14-20-29-49)63-73(11,57(79)39-58-74(63,41-86-58)92-46(6)78)64(80)61(87-45(5)77)59(44(56)4)70(75,7)8/h12-20,24-30,42-43,51-58,60-63,65,79,85H,21-23,31-41H2,1-11H3,(H,76,81). The Labute approximate surface area is 541 Å². The molecule has 17 nitrogen and oxygen atoms in total. The lowest BCUT2D eigenvalue weighted by Crippen LogP contribution is -2.82. The third-order valence-electron chi connectivity index (χ3n) is 24.2. The summed E-state index contributed by atoms with van der Waals surface area (Å²) in [5.41, 5.74) is -5.88. The zero-order valence-corrected chi connectivity index (χ0v) is 55.4. The Morgan fingerprint density at radius 2 is 1.42 bits per heavy atom. The average molecular weight is 1270 g/mol. The van der Waals surface area contributed by atoms with E-state index in [1.807, 2.05) is 0 Å². The van der Waals surface area contributed by atoms with Gasteiger partial charge in [0.25, 0.3) is 5.91 Å². The Bertz CT molecular complexity index is 3360. The van der Waals surface area contributed by atoms with Crippen LogP contribution in [0.4, 0.5) is 4.79 Å². The molecule has 1 saturated heterocycles. The molecule has 17 heteroatoms. The molecule has 0 radical (unpaired) electrons. The molecule has 0 aromatic heterocycles. The average Bonchev–Trinajstić information content (AvgIpc) is 0.759. The number of ketones is 1. The normalized spacial score (nSPS) is 36.0. The second-order valence-corrected chi connectivity index (χ2v) is 30.0. The molecular weight excluding hydrogens is 1170 g/mol. The first-order chi connectivity index (χ1) is 43.6. The van der Waals surface area contributed by atoms with Gasteiger partial charge < -0.3 is 48.7 Å². The number of nitrogens with one attached hydrogen (secondary N) is 1. The van der Waals surface area contributed by atoms with Gasteiger partial charge in [-0.1, -0.05) is 146 Å². The Morgan fingerprint density at radius 1 is 0.761 bits per heavy atom. The fourth-order valence-corrected chi connectivity index (χ4v) is 19.3. The molecule has 3 aromatic carbocycles. The van der Waals surface area contributed by atoms with Crippen molar-refractivity contribution in [3.63, 3.8) is 0 Å². The maximum absolute atomic E-state index is 16.0. The highest BCUT2D eigenvalue weighted by Crippen LogP contribution is 2.68. The van der Waals surface area contributed by atoms with Crippen LogP contribution in [-0.4, -0.2) is 112 Å². The van der Waals surface area contributed by atoms with Crippen LogP contribution in [0.25, 0.3) is 0 Å². The van der Waals surface area contributed by atoms with Gasteiger partial charge in [0.05, 0.1) is 29.6 Å². The highest BCUT2D eigenvalue weighted by atomic mass is 16.7. The number of esters is 4. The highest BCUT2D eigenvalue weighted by molar-refractivity contribution is 5.96. The van der Waals surface area contributed by atoms with E-state index in [1.165, 1.54) is 70.1 Å². The van der Waals surface area contributed by atoms with Gasteiger partial charge in [0.1, 0.15) is 36.1 Å². The van der Waals surface area contributed by atoms with Crippen LogP contribution in [0.3, 0.4) is 0 Å². The number of aliphatic hydroxyl groups is 2. The predicted molar refractivity (Wildman–Crippen MR) is 340 cm³/mol. The summed E-state index contributed by atoms with van der Waals surface area (Å²) in [4.78, 5) is 103. The van der Waals surface area contributed by atoms with Crippen molar-refractivity contribution in [2.75, 3.05) is 6.61 Å². The zero-order valence-electron chi connectivity index (χ0n) is 55.4. The maximum Gasteiger partial charge on any atom is 0.509 e. The first kappa shape index (κ1) is 66.8. The van der Waals surface area contributed by atoms with Crippen LogP contribution in [0.1, 0.15) is 192 Å². The molecule has 8 aliphatic rings. The van der Waals surface area contributed by atoms with Gasteiger partial charge in [-0.05, 0) is 146 Å². The minimum absolute atomic E-state index is 0.0243. The largest absolute Gasteiger partial charge is 0.509 e. The van der Waals surface area contributed by atoms with Crippen molar-refractivity contribution in [1.82, 2.24) is 5.32 Å². The molecule has 19 unspecified atom stereocenters. The van der Waals surface area contributed by atoms with Gasteiger partial charge in [0.2, 0.25) is 6.10 Å². The van der Waals surface area contributed by atoms with E-state index >= 15 is 9.59 Å². The number of benzene rings is 3. The lowest BCUT2D eigenvalue weighted by Gasteiger charge is -2.67. The Kier molecular flexibility index (Phi) is 18.5. The number of rotatable bonds is 17. The first-order valence-corrected chi connectivity index (χ1v) is 33.7. The van der Waals surface area contributed by atoms with Crippen molar-refractivity contribution in [1.29, 1.82) is 0 Å². The molecule has 1 amide bonds. The molecule has 2 bridgehead atoms. The van der Waals surface area contributed by atoms with Crippen molar-refractivity contribution in [3.8, 4) is 0 Å². The molecule has 0 spiro atoms. The van der Waals surface area contributed by atoms with Gasteiger partial charge in [0, 0.05) is 44.1 Å². The number of fused-ring (bicyclic) bond motifs is 10. The van der Waals surface area contributed by atoms with Crippen LogP contribution in [-0.2, 0) is 52.3 Å². The number of carbonyl (C=O) groups is 7. The molecule has 6 fully saturated rings. The molecule has 5 saturated carbocycles. The van der Waals surface area contributed by atoms with E-state index in [4.69, 9.17) is 33.2 Å². The predicted octanol–water partition coefficient (Wildman–Crippen LogP) is 12.3. The third-order valence-corrected chi connectivity index (χ3v) is 24.2. The van der Waals surface area contributed by atoms with Gasteiger partial charge >= 0.3 is 30.0 Å². The minimum atomic E-state index is -2.48. The van der Waals surface area contributed by atoms with Crippen molar-refractivity contribution in [2.24, 2.45) is 63.1 Å². The second kappa shape index (κ2) is 25.6. The molecule has 3 aromatic rings.